The molecule has 21 aliphatic heterocycles. The fourth-order valence-electron chi connectivity index (χ4n) is 10.7. The second-order valence-electron chi connectivity index (χ2n) is 20.1. The van der Waals surface area contributed by atoms with Crippen molar-refractivity contribution < 1.29 is 168 Å². The smallest absolute Gasteiger partial charge is 0.187 e. The highest BCUT2D eigenvalue weighted by atomic mass is 16.8. The molecule has 0 aromatic rings. The summed E-state index contributed by atoms with van der Waals surface area (Å²) in [6, 6.07) is 0. The fourth-order valence-corrected chi connectivity index (χ4v) is 10.7. The predicted octanol–water partition coefficient (Wildman–Crippen LogP) is -14.1. The van der Waals surface area contributed by atoms with Crippen LogP contribution in [-0.2, 0) is 66.3 Å². The summed E-state index contributed by atoms with van der Waals surface area (Å²) >= 11 is 0. The van der Waals surface area contributed by atoms with Crippen molar-refractivity contribution in [3.63, 3.8) is 0 Å². The van der Waals surface area contributed by atoms with E-state index in [2.05, 4.69) is 0 Å². The lowest BCUT2D eigenvalue weighted by Gasteiger charge is -2.50. The Balaban J connectivity index is 1.08. The van der Waals surface area contributed by atoms with Crippen molar-refractivity contribution in [1.29, 1.82) is 0 Å². The Morgan fingerprint density at radius 3 is 0.500 bits per heavy atom. The van der Waals surface area contributed by atoms with Crippen molar-refractivity contribution in [3.8, 4) is 0 Å². The number of aliphatic hydroxyl groups is 20. The first-order valence-corrected chi connectivity index (χ1v) is 25.3. The van der Waals surface area contributed by atoms with Crippen molar-refractivity contribution in [2.45, 2.75) is 228 Å². The van der Waals surface area contributed by atoms with Gasteiger partial charge in [-0.15, -0.1) is 0 Å². The molecule has 21 heterocycles. The lowest BCUT2D eigenvalue weighted by Crippen LogP contribution is -2.68. The second-order valence-corrected chi connectivity index (χ2v) is 20.1. The normalized spacial score (nSPS) is 54.8. The molecule has 34 nitrogen and oxygen atoms in total. The minimum Gasteiger partial charge on any atom is -0.394 e. The molecule has 0 spiro atoms. The maximum atomic E-state index is 11.5. The zero-order valence-corrected chi connectivity index (χ0v) is 41.4. The minimum absolute atomic E-state index is 0.102. The van der Waals surface area contributed by atoms with Gasteiger partial charge in [-0.2, -0.15) is 0 Å². The molecule has 0 saturated carbocycles. The third kappa shape index (κ3) is 12.3. The van der Waals surface area contributed by atoms with Crippen LogP contribution < -0.4 is 0 Å². The van der Waals surface area contributed by atoms with Crippen LogP contribution in [0, 0.1) is 0 Å². The lowest BCUT2D eigenvalue weighted by atomic mass is 9.73. The molecule has 21 rings (SSSR count). The third-order valence-corrected chi connectivity index (χ3v) is 15.1. The highest BCUT2D eigenvalue weighted by Crippen LogP contribution is 2.39. The monoisotopic (exact) mass is 1140 g/mol. The molecule has 451 valence electrons. The quantitative estimate of drug-likeness (QED) is 0.100. The number of rotatable bonds is 8. The molecule has 1 radical (unpaired) electrons. The van der Waals surface area contributed by atoms with Gasteiger partial charge in [0.25, 0.3) is 0 Å². The zero-order valence-electron chi connectivity index (χ0n) is 41.4. The molecule has 21 fully saturated rings. The standard InChI is InChI=1S/C43H72BO34/c1-44-2-9-30-16(51)23(58)37(65-9)73-31-10(3-45)67-39(25(60)18(31)53)75-33-12(5-47)69-41(27(62)20(33)55)77-35-14(7-49)71-43(29(64)22(35)57)78-36-15(8-50)70-42(28(63)21(36)56)76-34-13(6-48)68-40(26(61)19(34)54)74-32-11(4-46)66-38(72-30)24(59)17(32)52/h9-43,45-64H,2-8H2,1H3. The maximum absolute atomic E-state index is 11.5. The average molecular weight is 1140 g/mol. The molecular weight excluding hydrogens is 1070 g/mol. The van der Waals surface area contributed by atoms with E-state index < -0.39 is 255 Å². The molecule has 35 unspecified atom stereocenters. The summed E-state index contributed by atoms with van der Waals surface area (Å²) in [6.07, 6.45) is -68.4. The van der Waals surface area contributed by atoms with E-state index in [1.807, 2.05) is 0 Å². The first kappa shape index (κ1) is 62.7. The Hall–Kier alpha value is -1.30. The van der Waals surface area contributed by atoms with Crippen molar-refractivity contribution in [3.05, 3.63) is 0 Å². The van der Waals surface area contributed by atoms with E-state index in [-0.39, 0.29) is 6.32 Å². The summed E-state index contributed by atoms with van der Waals surface area (Å²) < 4.78 is 80.5. The highest BCUT2D eigenvalue weighted by Gasteiger charge is 2.59. The zero-order chi connectivity index (χ0) is 56.8. The number of hydrogen-bond donors (Lipinski definition) is 20. The van der Waals surface area contributed by atoms with E-state index in [4.69, 9.17) is 66.3 Å². The number of aliphatic hydroxyl groups excluding tert-OH is 20. The van der Waals surface area contributed by atoms with Crippen molar-refractivity contribution in [2.24, 2.45) is 0 Å². The van der Waals surface area contributed by atoms with Gasteiger partial charge in [0.2, 0.25) is 0 Å². The van der Waals surface area contributed by atoms with Gasteiger partial charge in [-0.1, -0.05) is 13.1 Å². The van der Waals surface area contributed by atoms with Crippen molar-refractivity contribution in [1.82, 2.24) is 0 Å². The van der Waals surface area contributed by atoms with Crippen molar-refractivity contribution in [2.75, 3.05) is 39.6 Å². The number of hydrogen-bond acceptors (Lipinski definition) is 34. The summed E-state index contributed by atoms with van der Waals surface area (Å²) in [5, 5.41) is 221. The summed E-state index contributed by atoms with van der Waals surface area (Å²) in [7, 11) is 1.53. The molecule has 21 aliphatic rings. The fraction of sp³-hybridized carbons (Fsp3) is 1.00. The second kappa shape index (κ2) is 26.7. The van der Waals surface area contributed by atoms with Crippen LogP contribution in [0.3, 0.4) is 0 Å². The van der Waals surface area contributed by atoms with Gasteiger partial charge in [0, 0.05) is 0 Å². The molecule has 21 saturated heterocycles. The summed E-state index contributed by atoms with van der Waals surface area (Å²) in [4.78, 5) is 0. The molecule has 20 N–H and O–H groups in total. The SMILES string of the molecule is C[B]CC1OC2OC3C(CO)OC(OC4C(CO)OC(OC5C(CO)OC(OC6C(CO)OC(OC7C(CO)OC(OC8C(CO)OC(OC1C(O)C2O)C(O)C8O)C(O)C7O)C(O)C6O)C(O)C5O)C(O)C4O)C(O)C3O. The average Bonchev–Trinajstić information content (AvgIpc) is 3.44. The minimum atomic E-state index is -2.20. The summed E-state index contributed by atoms with van der Waals surface area (Å²) in [6.45, 7) is -4.57. The van der Waals surface area contributed by atoms with Crippen molar-refractivity contribution >= 4 is 7.28 Å². The molecule has 0 aliphatic carbocycles. The van der Waals surface area contributed by atoms with Gasteiger partial charge in [-0.05, 0) is 0 Å². The third-order valence-electron chi connectivity index (χ3n) is 15.1. The van der Waals surface area contributed by atoms with Crippen LogP contribution in [-0.4, -0.2) is 364 Å². The molecule has 78 heavy (non-hydrogen) atoms. The van der Waals surface area contributed by atoms with Gasteiger partial charge in [0.05, 0.1) is 45.7 Å². The lowest BCUT2D eigenvalue weighted by molar-refractivity contribution is -0.396. The van der Waals surface area contributed by atoms with Crippen LogP contribution in [0.2, 0.25) is 13.1 Å². The molecule has 35 atom stereocenters. The first-order valence-electron chi connectivity index (χ1n) is 25.3. The van der Waals surface area contributed by atoms with Gasteiger partial charge < -0.3 is 168 Å². The number of ether oxygens (including phenoxy) is 14. The Bertz CT molecular complexity index is 1840. The van der Waals surface area contributed by atoms with E-state index in [1.165, 1.54) is 7.28 Å². The van der Waals surface area contributed by atoms with Gasteiger partial charge in [0.1, 0.15) is 172 Å². The first-order chi connectivity index (χ1) is 37.2. The van der Waals surface area contributed by atoms with E-state index >= 15 is 0 Å². The van der Waals surface area contributed by atoms with E-state index in [1.54, 1.807) is 6.82 Å². The van der Waals surface area contributed by atoms with Gasteiger partial charge in [-0.3, -0.25) is 0 Å². The maximum Gasteiger partial charge on any atom is 0.187 e. The van der Waals surface area contributed by atoms with Gasteiger partial charge in [-0.25, -0.2) is 0 Å². The largest absolute Gasteiger partial charge is 0.394 e. The Kier molecular flexibility index (Phi) is 21.5. The summed E-state index contributed by atoms with van der Waals surface area (Å²) in [5.74, 6) is 0. The van der Waals surface area contributed by atoms with Crippen LogP contribution in [0.15, 0.2) is 0 Å². The highest BCUT2D eigenvalue weighted by molar-refractivity contribution is 6.33. The predicted molar refractivity (Wildman–Crippen MR) is 238 cm³/mol. The summed E-state index contributed by atoms with van der Waals surface area (Å²) in [5.41, 5.74) is 0. The molecule has 0 aromatic carbocycles. The van der Waals surface area contributed by atoms with Crippen LogP contribution in [0.1, 0.15) is 0 Å². The Labute approximate surface area is 442 Å². The molecule has 35 heteroatoms. The Morgan fingerprint density at radius 1 is 0.218 bits per heavy atom. The molecule has 0 aromatic heterocycles. The topological polar surface area (TPSA) is 534 Å². The Morgan fingerprint density at radius 2 is 0.359 bits per heavy atom. The van der Waals surface area contributed by atoms with E-state index in [0.29, 0.717) is 0 Å². The van der Waals surface area contributed by atoms with Crippen LogP contribution in [0.4, 0.5) is 0 Å². The van der Waals surface area contributed by atoms with Crippen LogP contribution >= 0.6 is 0 Å². The van der Waals surface area contributed by atoms with E-state index in [9.17, 15) is 102 Å². The van der Waals surface area contributed by atoms with Crippen LogP contribution in [0.25, 0.3) is 0 Å². The van der Waals surface area contributed by atoms with Crippen LogP contribution in [0.5, 0.6) is 0 Å². The van der Waals surface area contributed by atoms with Gasteiger partial charge >= 0.3 is 0 Å². The van der Waals surface area contributed by atoms with E-state index in [0.717, 1.165) is 0 Å². The molecule has 14 bridgehead atoms. The molecule has 0 amide bonds. The van der Waals surface area contributed by atoms with Gasteiger partial charge in [0.15, 0.2) is 44.0 Å². The molecular formula is C43H72BO34.